The number of carboxylic acid groups (broad SMARTS) is 1. The van der Waals surface area contributed by atoms with Gasteiger partial charge >= 0.3 is 23.9 Å². The number of carbonyl (C=O) groups excluding carboxylic acids is 4. The first-order valence-electron chi connectivity index (χ1n) is 51.3. The highest BCUT2D eigenvalue weighted by atomic mass is 35.5. The molecule has 19 rings (SSSR count). The molecule has 10 saturated carbocycles. The van der Waals surface area contributed by atoms with Gasteiger partial charge in [0.05, 0.1) is 22.9 Å². The first-order chi connectivity index (χ1) is 62.9. The topological polar surface area (TPSA) is 319 Å². The maximum Gasteiger partial charge on any atom is 0.313 e. The minimum absolute atomic E-state index is 0.0131. The van der Waals surface area contributed by atoms with Gasteiger partial charge in [-0.25, -0.2) is 6.57 Å². The van der Waals surface area contributed by atoms with Crippen LogP contribution in [0.1, 0.15) is 360 Å². The van der Waals surface area contributed by atoms with E-state index >= 15 is 0 Å². The van der Waals surface area contributed by atoms with Gasteiger partial charge in [-0.3, -0.25) is 45.9 Å². The Bertz CT molecular complexity index is 5330. The molecule has 4 aromatic rings. The Kier molecular flexibility index (Phi) is 27.9. The van der Waals surface area contributed by atoms with E-state index in [9.17, 15) is 29.1 Å². The fourth-order valence-electron chi connectivity index (χ4n) is 34.8. The van der Waals surface area contributed by atoms with Crippen molar-refractivity contribution in [1.82, 2.24) is 20.4 Å². The number of nitrogens with one attached hydrogen (secondary N) is 2. The van der Waals surface area contributed by atoms with Gasteiger partial charge < -0.3 is 40.7 Å². The minimum atomic E-state index is -0.665. The van der Waals surface area contributed by atoms with Crippen molar-refractivity contribution in [3.05, 3.63) is 138 Å². The third-order valence-corrected chi connectivity index (χ3v) is 43.4. The molecular weight excluding hydrogens is 1750 g/mol. The van der Waals surface area contributed by atoms with E-state index in [1.54, 1.807) is 13.8 Å². The van der Waals surface area contributed by atoms with E-state index < -0.39 is 33.7 Å². The summed E-state index contributed by atoms with van der Waals surface area (Å²) in [6.07, 6.45) is 25.3. The predicted molar refractivity (Wildman–Crippen MR) is 539 cm³/mol. The Hall–Kier alpha value is -6.53. The van der Waals surface area contributed by atoms with Crippen LogP contribution in [-0.2, 0) is 75.1 Å². The lowest BCUT2D eigenvalue weighted by Gasteiger charge is -2.71. The van der Waals surface area contributed by atoms with E-state index in [-0.39, 0.29) is 136 Å². The number of ether oxygens (including phenoxy) is 3. The molecule has 0 radical (unpaired) electrons. The second-order valence-electron chi connectivity index (χ2n) is 51.3. The minimum Gasteiger partial charge on any atom is -0.481 e. The lowest BCUT2D eigenvalue weighted by Crippen LogP contribution is -2.66. The zero-order valence-electron chi connectivity index (χ0n) is 86.4. The molecule has 135 heavy (non-hydrogen) atoms. The summed E-state index contributed by atoms with van der Waals surface area (Å²) in [5.41, 5.74) is 21.7. The highest BCUT2D eigenvalue weighted by molar-refractivity contribution is 6.31. The molecule has 19 nitrogen and oxygen atoms in total. The van der Waals surface area contributed by atoms with E-state index in [0.29, 0.717) is 61.5 Å². The number of H-pyrrole nitrogens is 2. The van der Waals surface area contributed by atoms with Crippen LogP contribution in [0.15, 0.2) is 92.5 Å². The van der Waals surface area contributed by atoms with Gasteiger partial charge in [0.2, 0.25) is 5.78 Å². The number of ketones is 1. The van der Waals surface area contributed by atoms with Gasteiger partial charge in [-0.05, 0) is 327 Å². The van der Waals surface area contributed by atoms with Crippen molar-refractivity contribution >= 4 is 76.1 Å². The van der Waals surface area contributed by atoms with Crippen LogP contribution < -0.4 is 23.2 Å². The number of aliphatic hydroxyl groups excluding tert-OH is 1. The quantitative estimate of drug-likeness (QED) is 0.0267. The van der Waals surface area contributed by atoms with Crippen molar-refractivity contribution < 1.29 is 48.4 Å². The molecule has 12 N–H and O–H groups in total. The number of esters is 3. The average molecular weight is 1920 g/mol. The monoisotopic (exact) mass is 1910 g/mol. The van der Waals surface area contributed by atoms with Gasteiger partial charge in [-0.15, -0.1) is 0 Å². The highest BCUT2D eigenvalue weighted by Gasteiger charge is 2.76. The summed E-state index contributed by atoms with van der Waals surface area (Å²) in [6.45, 7) is 64.4. The smallest absolute Gasteiger partial charge is 0.313 e. The number of hydrogen-bond acceptors (Lipinski definition) is 15. The van der Waals surface area contributed by atoms with Crippen molar-refractivity contribution in [2.45, 2.75) is 370 Å². The first-order valence-corrected chi connectivity index (χ1v) is 52.5. The summed E-state index contributed by atoms with van der Waals surface area (Å²) in [7, 11) is 0. The molecule has 10 unspecified atom stereocenters. The molecule has 0 aliphatic heterocycles. The number of anilines is 2. The SMILES string of the molecule is CC1(C)CC[C@]2(C(=O)O)CC[C@]3(C)C(=C(Cl)CC4[C@@]5(C)Cc6c(N)n[nH]c6C(C)(C)C5CC[C@]43C)C2C1.CC1(C)CC[C@]2(C(=O)OCc3ccccc3)CC[C@]3(C)C(=C(Cl)CC4[C@@]5(C)Cc6c(N)n[nH]c6C(C)(C)C5CC[C@]43C)C2C1.CCO.CCOC(C)=O.NN.[C-]#[N+]C1C[C@@]2(C)C(CC[C@]3(C)C2CC(Cl)=C2C4CC(C)(C)CC[C@]4(C(=O)OCc4ccccc4)CC[C@]23C)C(C)(C)C1=O. The van der Waals surface area contributed by atoms with Crippen molar-refractivity contribution in [2.75, 3.05) is 24.7 Å². The lowest BCUT2D eigenvalue weighted by molar-refractivity contribution is -0.192. The van der Waals surface area contributed by atoms with Crippen LogP contribution in [0.5, 0.6) is 0 Å². The number of carboxylic acids is 1. The number of aliphatic hydroxyl groups is 1. The summed E-state index contributed by atoms with van der Waals surface area (Å²) in [5.74, 6) is 11.1. The lowest BCUT2D eigenvalue weighted by atomic mass is 9.33. The first kappa shape index (κ1) is 104. The van der Waals surface area contributed by atoms with Crippen LogP contribution in [0.3, 0.4) is 0 Å². The second kappa shape index (κ2) is 36.2. The van der Waals surface area contributed by atoms with Gasteiger partial charge in [0.1, 0.15) is 24.8 Å². The largest absolute Gasteiger partial charge is 0.481 e. The standard InChI is InChI=1S/C38H52ClN3O2.C38H50ClNO3.C31H46ClN3O2.C4H8O2.C2H6O.H4N2/c1-33(2)15-17-38(32(43)44-22-23-11-9-8-10-12-23)18-16-37(7)29(25(38)21-33)26(39)19-28-35(5)20-24-30(41-42-31(24)40)34(3,4)27(35)13-14-36(28,37)6;1-33(2)16-18-38(32(42)43-23-24-12-10-9-11-13-24)19-17-37(7)30(25(38)21-33)26(39)20-29-35(5)22-27(40-8)31(41)34(3,4)28(35)14-15-36(29,37)6;1-26(2)10-12-31(25(36)37)13-11-30(7)22(18(31)16-26)19(32)14-21-28(5)15-17-23(34-35-24(17)33)27(3,4)20(28)8-9-29(21,30)6;1-3-6-4(2)5;1-2-3;1-2/h8-12,25,27-28H,13-22H2,1-7H3,(H3,40,41,42);9-13,25,27-29H,14-23H2,1-7H3;18,20-21H,8-16H2,1-7H3,(H,36,37)(H3,33,34,35);3H2,1-2H3;3H,2H2,1H3;1-2H2/t25?,27?,28?,35-,36+,37+,38-;25?,27?,28?,29?,35-,36+,37+,38-;18?,20?,21?,28-,29+,30+,31-;;;/m000.../s1. The van der Waals surface area contributed by atoms with Gasteiger partial charge in [0, 0.05) is 73.8 Å². The molecule has 2 heterocycles. The fourth-order valence-corrected chi connectivity index (χ4v) is 36.3. The summed E-state index contributed by atoms with van der Waals surface area (Å²) in [6, 6.07) is 19.5. The third-order valence-electron chi connectivity index (χ3n) is 42.4. The summed E-state index contributed by atoms with van der Waals surface area (Å²) in [4.78, 5) is 68.6. The zero-order valence-corrected chi connectivity index (χ0v) is 88.7. The number of benzene rings is 2. The van der Waals surface area contributed by atoms with Crippen molar-refractivity contribution in [1.29, 1.82) is 0 Å². The molecule has 2 aromatic carbocycles. The van der Waals surface area contributed by atoms with Crippen LogP contribution in [0.2, 0.25) is 0 Å². The number of rotatable bonds is 8. The highest BCUT2D eigenvalue weighted by Crippen LogP contribution is 2.82. The fraction of sp³-hybridized carbons (Fsp3) is 0.735. The number of Topliss-reactive ketones (excluding diaryl/α,β-unsaturated/α-hetero) is 1. The van der Waals surface area contributed by atoms with E-state index in [1.807, 2.05) is 60.7 Å². The van der Waals surface area contributed by atoms with Crippen LogP contribution >= 0.6 is 34.8 Å². The Morgan fingerprint density at radius 3 is 1.08 bits per heavy atom. The molecule has 0 amide bonds. The molecule has 0 bridgehead atoms. The Morgan fingerprint density at radius 2 is 0.763 bits per heavy atom. The number of carbonyl (C=O) groups is 5. The maximum absolute atomic E-state index is 14.3. The van der Waals surface area contributed by atoms with Crippen LogP contribution in [-0.4, -0.2) is 79.5 Å². The van der Waals surface area contributed by atoms with Gasteiger partial charge in [0.25, 0.3) is 6.04 Å². The molecule has 744 valence electrons. The number of aromatic nitrogens is 4. The normalized spacial score (nSPS) is 39.8. The number of hydrazine groups is 1. The predicted octanol–water partition coefficient (Wildman–Crippen LogP) is 25.5. The molecule has 15 aliphatic carbocycles. The number of nitrogens with two attached hydrogens (primary N) is 4. The molecule has 2 aromatic heterocycles. The van der Waals surface area contributed by atoms with Crippen LogP contribution in [0.4, 0.5) is 11.6 Å². The molecule has 22 atom stereocenters. The second-order valence-corrected chi connectivity index (χ2v) is 52.7. The number of aliphatic carboxylic acids is 1. The van der Waals surface area contributed by atoms with E-state index in [1.165, 1.54) is 59.0 Å². The Labute approximate surface area is 823 Å². The molecule has 15 aliphatic rings. The number of halogens is 3. The maximum atomic E-state index is 14.3. The van der Waals surface area contributed by atoms with Gasteiger partial charge in [-0.2, -0.15) is 10.2 Å². The molecule has 10 fully saturated rings. The molecular formula is C113H166Cl3N9O10. The van der Waals surface area contributed by atoms with E-state index in [0.717, 1.165) is 180 Å². The average Bonchev–Trinajstić information content (AvgIpc) is 1.48. The molecule has 0 spiro atoms. The Morgan fingerprint density at radius 1 is 0.452 bits per heavy atom. The van der Waals surface area contributed by atoms with Crippen molar-refractivity contribution in [3.8, 4) is 0 Å². The van der Waals surface area contributed by atoms with E-state index in [2.05, 4.69) is 187 Å². The summed E-state index contributed by atoms with van der Waals surface area (Å²) < 4.78 is 16.8. The molecule has 22 heteroatoms. The third kappa shape index (κ3) is 16.2. The van der Waals surface area contributed by atoms with Crippen LogP contribution in [0.25, 0.3) is 4.85 Å². The van der Waals surface area contributed by atoms with Crippen molar-refractivity contribution in [2.24, 2.45) is 152 Å². The number of aromatic amines is 2. The number of allylic oxidation sites excluding steroid dienone is 6. The van der Waals surface area contributed by atoms with Crippen molar-refractivity contribution in [3.63, 3.8) is 0 Å². The number of nitrogen functional groups attached to an aromatic ring is 2. The summed E-state index contributed by atoms with van der Waals surface area (Å²) >= 11 is 22.7. The van der Waals surface area contributed by atoms with Gasteiger partial charge in [-0.1, -0.05) is 241 Å². The summed E-state index contributed by atoms with van der Waals surface area (Å²) in [5, 5.41) is 36.7. The Balaban J connectivity index is 0.000000154. The molecule has 0 saturated heterocycles. The zero-order chi connectivity index (χ0) is 99.4. The van der Waals surface area contributed by atoms with Crippen LogP contribution in [0, 0.1) is 146 Å². The van der Waals surface area contributed by atoms with Gasteiger partial charge in [0.15, 0.2) is 0 Å². The number of hydrogen-bond donors (Lipinski definition) is 8. The van der Waals surface area contributed by atoms with E-state index in [4.69, 9.17) is 67.4 Å². The number of nitrogens with zero attached hydrogens (tertiary/aromatic N) is 3. The number of fused-ring (bicyclic) bond motifs is 23.